The first-order valence-electron chi connectivity index (χ1n) is 8.45. The van der Waals surface area contributed by atoms with E-state index in [2.05, 4.69) is 34.5 Å². The Kier molecular flexibility index (Phi) is 5.43. The standard InChI is InChI=1S/C20H24N2O/c23-20(21-13-12-17-6-2-1-3-7-17)19-10-8-18(9-11-19)16-22-14-4-5-15-22/h1-3,6-11H,4-5,12-16H2,(H,21,23). The van der Waals surface area contributed by atoms with Gasteiger partial charge in [-0.2, -0.15) is 0 Å². The third kappa shape index (κ3) is 4.67. The van der Waals surface area contributed by atoms with Crippen LogP contribution < -0.4 is 5.32 Å². The van der Waals surface area contributed by atoms with E-state index in [0.29, 0.717) is 6.54 Å². The normalized spacial score (nSPS) is 14.8. The predicted octanol–water partition coefficient (Wildman–Crippen LogP) is 3.25. The minimum Gasteiger partial charge on any atom is -0.352 e. The largest absolute Gasteiger partial charge is 0.352 e. The van der Waals surface area contributed by atoms with Crippen LogP contribution >= 0.6 is 0 Å². The van der Waals surface area contributed by atoms with E-state index in [0.717, 1.165) is 18.5 Å². The number of carbonyl (C=O) groups excluding carboxylic acids is 1. The molecular weight excluding hydrogens is 284 g/mol. The number of hydrogen-bond donors (Lipinski definition) is 1. The molecule has 1 saturated heterocycles. The first-order valence-corrected chi connectivity index (χ1v) is 8.45. The molecule has 3 nitrogen and oxygen atoms in total. The summed E-state index contributed by atoms with van der Waals surface area (Å²) >= 11 is 0. The van der Waals surface area contributed by atoms with E-state index in [1.165, 1.54) is 37.1 Å². The molecule has 1 fully saturated rings. The van der Waals surface area contributed by atoms with Crippen LogP contribution in [0.25, 0.3) is 0 Å². The fraction of sp³-hybridized carbons (Fsp3) is 0.350. The lowest BCUT2D eigenvalue weighted by Gasteiger charge is -2.14. The van der Waals surface area contributed by atoms with E-state index >= 15 is 0 Å². The second kappa shape index (κ2) is 7.93. The quantitative estimate of drug-likeness (QED) is 0.888. The molecule has 0 aromatic heterocycles. The molecule has 0 radical (unpaired) electrons. The van der Waals surface area contributed by atoms with Crippen LogP contribution in [0.15, 0.2) is 54.6 Å². The molecule has 1 amide bonds. The maximum Gasteiger partial charge on any atom is 0.251 e. The van der Waals surface area contributed by atoms with Crippen molar-refractivity contribution in [1.82, 2.24) is 10.2 Å². The van der Waals surface area contributed by atoms with Crippen molar-refractivity contribution in [3.05, 3.63) is 71.3 Å². The lowest BCUT2D eigenvalue weighted by Crippen LogP contribution is -2.25. The summed E-state index contributed by atoms with van der Waals surface area (Å²) in [6.45, 7) is 4.05. The fourth-order valence-electron chi connectivity index (χ4n) is 3.03. The molecule has 0 atom stereocenters. The summed E-state index contributed by atoms with van der Waals surface area (Å²) in [4.78, 5) is 14.6. The highest BCUT2D eigenvalue weighted by atomic mass is 16.1. The van der Waals surface area contributed by atoms with Crippen molar-refractivity contribution in [1.29, 1.82) is 0 Å². The van der Waals surface area contributed by atoms with Gasteiger partial charge in [-0.25, -0.2) is 0 Å². The van der Waals surface area contributed by atoms with Crippen molar-refractivity contribution in [3.8, 4) is 0 Å². The molecule has 0 bridgehead atoms. The van der Waals surface area contributed by atoms with Crippen LogP contribution in [0.3, 0.4) is 0 Å². The molecule has 3 heteroatoms. The molecule has 1 aliphatic heterocycles. The zero-order valence-electron chi connectivity index (χ0n) is 13.5. The first-order chi connectivity index (χ1) is 11.3. The highest BCUT2D eigenvalue weighted by molar-refractivity contribution is 5.94. The van der Waals surface area contributed by atoms with Crippen LogP contribution in [-0.4, -0.2) is 30.4 Å². The van der Waals surface area contributed by atoms with Gasteiger partial charge in [0.1, 0.15) is 0 Å². The second-order valence-corrected chi connectivity index (χ2v) is 6.17. The van der Waals surface area contributed by atoms with Gasteiger partial charge in [0.05, 0.1) is 0 Å². The Hall–Kier alpha value is -2.13. The molecule has 0 unspecified atom stereocenters. The van der Waals surface area contributed by atoms with E-state index in [-0.39, 0.29) is 5.91 Å². The Bertz CT molecular complexity index is 616. The molecule has 0 spiro atoms. The number of nitrogens with one attached hydrogen (secondary N) is 1. The number of carbonyl (C=O) groups is 1. The van der Waals surface area contributed by atoms with Gasteiger partial charge >= 0.3 is 0 Å². The Morgan fingerprint density at radius 2 is 1.61 bits per heavy atom. The van der Waals surface area contributed by atoms with Crippen molar-refractivity contribution in [2.24, 2.45) is 0 Å². The van der Waals surface area contributed by atoms with Gasteiger partial charge in [-0.15, -0.1) is 0 Å². The van der Waals surface area contributed by atoms with Crippen LogP contribution in [-0.2, 0) is 13.0 Å². The van der Waals surface area contributed by atoms with Crippen molar-refractivity contribution in [2.75, 3.05) is 19.6 Å². The predicted molar refractivity (Wildman–Crippen MR) is 93.4 cm³/mol. The zero-order valence-corrected chi connectivity index (χ0v) is 13.5. The molecule has 2 aromatic rings. The molecule has 120 valence electrons. The van der Waals surface area contributed by atoms with Crippen molar-refractivity contribution in [2.45, 2.75) is 25.8 Å². The van der Waals surface area contributed by atoms with Gasteiger partial charge in [0, 0.05) is 18.7 Å². The second-order valence-electron chi connectivity index (χ2n) is 6.17. The number of likely N-dealkylation sites (tertiary alicyclic amines) is 1. The van der Waals surface area contributed by atoms with Gasteiger partial charge in [0.2, 0.25) is 0 Å². The topological polar surface area (TPSA) is 32.3 Å². The number of nitrogens with zero attached hydrogens (tertiary/aromatic N) is 1. The first kappa shape index (κ1) is 15.8. The Balaban J connectivity index is 1.47. The average molecular weight is 308 g/mol. The van der Waals surface area contributed by atoms with Crippen LogP contribution in [0.2, 0.25) is 0 Å². The highest BCUT2D eigenvalue weighted by Crippen LogP contribution is 2.13. The minimum atomic E-state index is 0.00801. The molecule has 23 heavy (non-hydrogen) atoms. The Morgan fingerprint density at radius 3 is 2.30 bits per heavy atom. The zero-order chi connectivity index (χ0) is 15.9. The molecule has 1 N–H and O–H groups in total. The third-order valence-electron chi connectivity index (χ3n) is 4.36. The van der Waals surface area contributed by atoms with Crippen molar-refractivity contribution in [3.63, 3.8) is 0 Å². The summed E-state index contributed by atoms with van der Waals surface area (Å²) in [5, 5.41) is 2.99. The summed E-state index contributed by atoms with van der Waals surface area (Å²) < 4.78 is 0. The van der Waals surface area contributed by atoms with Gasteiger partial charge in [-0.1, -0.05) is 42.5 Å². The maximum absolute atomic E-state index is 12.2. The number of amides is 1. The number of benzene rings is 2. The highest BCUT2D eigenvalue weighted by Gasteiger charge is 2.12. The molecule has 0 saturated carbocycles. The molecule has 0 aliphatic carbocycles. The SMILES string of the molecule is O=C(NCCc1ccccc1)c1ccc(CN2CCCC2)cc1. The summed E-state index contributed by atoms with van der Waals surface area (Å²) in [5.74, 6) is 0.00801. The lowest BCUT2D eigenvalue weighted by atomic mass is 10.1. The molecule has 1 heterocycles. The van der Waals surface area contributed by atoms with Gasteiger partial charge in [-0.3, -0.25) is 9.69 Å². The summed E-state index contributed by atoms with van der Waals surface area (Å²) in [5.41, 5.74) is 3.27. The van der Waals surface area contributed by atoms with Crippen molar-refractivity contribution < 1.29 is 4.79 Å². The number of rotatable bonds is 6. The maximum atomic E-state index is 12.2. The van der Waals surface area contributed by atoms with Gasteiger partial charge < -0.3 is 5.32 Å². The summed E-state index contributed by atoms with van der Waals surface area (Å²) in [6, 6.07) is 18.2. The van der Waals surface area contributed by atoms with Gasteiger partial charge in [0.15, 0.2) is 0 Å². The monoisotopic (exact) mass is 308 g/mol. The van der Waals surface area contributed by atoms with Crippen molar-refractivity contribution >= 4 is 5.91 Å². The Morgan fingerprint density at radius 1 is 0.913 bits per heavy atom. The molecule has 3 rings (SSSR count). The minimum absolute atomic E-state index is 0.00801. The van der Waals surface area contributed by atoms with Crippen LogP contribution in [0.4, 0.5) is 0 Å². The van der Waals surface area contributed by atoms with E-state index in [1.54, 1.807) is 0 Å². The van der Waals surface area contributed by atoms with E-state index in [4.69, 9.17) is 0 Å². The molecular formula is C20H24N2O. The Labute approximate surface area is 138 Å². The molecule has 1 aliphatic rings. The molecule has 2 aromatic carbocycles. The summed E-state index contributed by atoms with van der Waals surface area (Å²) in [6.07, 6.45) is 3.48. The van der Waals surface area contributed by atoms with Gasteiger partial charge in [0.25, 0.3) is 5.91 Å². The van der Waals surface area contributed by atoms with Crippen LogP contribution in [0, 0.1) is 0 Å². The third-order valence-corrected chi connectivity index (χ3v) is 4.36. The average Bonchev–Trinajstić information content (AvgIpc) is 3.09. The van der Waals surface area contributed by atoms with Crippen LogP contribution in [0.5, 0.6) is 0 Å². The van der Waals surface area contributed by atoms with E-state index < -0.39 is 0 Å². The van der Waals surface area contributed by atoms with Gasteiger partial charge in [-0.05, 0) is 55.6 Å². The smallest absolute Gasteiger partial charge is 0.251 e. The van der Waals surface area contributed by atoms with E-state index in [9.17, 15) is 4.79 Å². The number of hydrogen-bond acceptors (Lipinski definition) is 2. The summed E-state index contributed by atoms with van der Waals surface area (Å²) in [7, 11) is 0. The van der Waals surface area contributed by atoms with E-state index in [1.807, 2.05) is 30.3 Å². The van der Waals surface area contributed by atoms with Crippen LogP contribution in [0.1, 0.15) is 34.3 Å². The fourth-order valence-corrected chi connectivity index (χ4v) is 3.03. The lowest BCUT2D eigenvalue weighted by molar-refractivity contribution is 0.0954.